The fourth-order valence-electron chi connectivity index (χ4n) is 3.00. The molecule has 0 radical (unpaired) electrons. The molecule has 1 fully saturated rings. The maximum atomic E-state index is 12.3. The predicted octanol–water partition coefficient (Wildman–Crippen LogP) is 3.67. The van der Waals surface area contributed by atoms with Crippen LogP contribution < -0.4 is 10.1 Å². The van der Waals surface area contributed by atoms with Crippen molar-refractivity contribution in [2.75, 3.05) is 20.2 Å². The highest BCUT2D eigenvalue weighted by Crippen LogP contribution is 2.28. The molecule has 0 aliphatic heterocycles. The van der Waals surface area contributed by atoms with Crippen molar-refractivity contribution in [3.05, 3.63) is 64.7 Å². The third-order valence-corrected chi connectivity index (χ3v) is 4.81. The van der Waals surface area contributed by atoms with E-state index in [1.54, 1.807) is 7.11 Å². The first-order valence-electron chi connectivity index (χ1n) is 9.02. The molecule has 2 aromatic rings. The number of halogens is 1. The highest BCUT2D eigenvalue weighted by Gasteiger charge is 2.30. The molecule has 0 saturated heterocycles. The number of rotatable bonds is 9. The van der Waals surface area contributed by atoms with Crippen LogP contribution in [0.3, 0.4) is 0 Å². The summed E-state index contributed by atoms with van der Waals surface area (Å²) in [5, 5.41) is 3.75. The molecule has 26 heavy (non-hydrogen) atoms. The SMILES string of the molecule is COc1ccc(CN(CC(=O)NCCc2cccc(Cl)c2)C2CC2)cc1. The molecule has 0 spiro atoms. The van der Waals surface area contributed by atoms with E-state index in [0.29, 0.717) is 19.1 Å². The number of hydrogen-bond acceptors (Lipinski definition) is 3. The molecule has 1 amide bonds. The van der Waals surface area contributed by atoms with Gasteiger partial charge >= 0.3 is 0 Å². The Hall–Kier alpha value is -2.04. The fourth-order valence-corrected chi connectivity index (χ4v) is 3.21. The minimum Gasteiger partial charge on any atom is -0.497 e. The highest BCUT2D eigenvalue weighted by molar-refractivity contribution is 6.30. The third kappa shape index (κ3) is 5.75. The van der Waals surface area contributed by atoms with Crippen molar-refractivity contribution in [3.63, 3.8) is 0 Å². The lowest BCUT2D eigenvalue weighted by atomic mass is 10.1. The zero-order chi connectivity index (χ0) is 18.4. The van der Waals surface area contributed by atoms with Crippen molar-refractivity contribution in [1.29, 1.82) is 0 Å². The first-order valence-corrected chi connectivity index (χ1v) is 9.40. The Morgan fingerprint density at radius 3 is 2.62 bits per heavy atom. The Balaban J connectivity index is 1.47. The van der Waals surface area contributed by atoms with E-state index >= 15 is 0 Å². The average molecular weight is 373 g/mol. The minimum absolute atomic E-state index is 0.0763. The van der Waals surface area contributed by atoms with Crippen LogP contribution in [0.15, 0.2) is 48.5 Å². The number of methoxy groups -OCH3 is 1. The van der Waals surface area contributed by atoms with Gasteiger partial charge in [-0.05, 0) is 54.7 Å². The molecule has 1 saturated carbocycles. The zero-order valence-electron chi connectivity index (χ0n) is 15.1. The smallest absolute Gasteiger partial charge is 0.234 e. The summed E-state index contributed by atoms with van der Waals surface area (Å²) in [6, 6.07) is 16.3. The molecule has 0 bridgehead atoms. The van der Waals surface area contributed by atoms with Gasteiger partial charge in [-0.1, -0.05) is 35.9 Å². The highest BCUT2D eigenvalue weighted by atomic mass is 35.5. The van der Waals surface area contributed by atoms with Crippen LogP contribution in [0.1, 0.15) is 24.0 Å². The van der Waals surface area contributed by atoms with Crippen LogP contribution in [0.5, 0.6) is 5.75 Å². The van der Waals surface area contributed by atoms with E-state index in [1.165, 1.54) is 18.4 Å². The van der Waals surface area contributed by atoms with Crippen molar-refractivity contribution >= 4 is 17.5 Å². The fraction of sp³-hybridized carbons (Fsp3) is 0.381. The molecule has 4 nitrogen and oxygen atoms in total. The lowest BCUT2D eigenvalue weighted by molar-refractivity contribution is -0.122. The van der Waals surface area contributed by atoms with E-state index in [4.69, 9.17) is 16.3 Å². The molecule has 0 atom stereocenters. The van der Waals surface area contributed by atoms with Gasteiger partial charge in [0, 0.05) is 24.2 Å². The van der Waals surface area contributed by atoms with Gasteiger partial charge in [0.05, 0.1) is 13.7 Å². The van der Waals surface area contributed by atoms with Crippen LogP contribution in [0.2, 0.25) is 5.02 Å². The number of carbonyl (C=O) groups excluding carboxylic acids is 1. The third-order valence-electron chi connectivity index (χ3n) is 4.58. The maximum absolute atomic E-state index is 12.3. The second-order valence-electron chi connectivity index (χ2n) is 6.71. The summed E-state index contributed by atoms with van der Waals surface area (Å²) in [6.45, 7) is 1.85. The Kier molecular flexibility index (Phi) is 6.53. The van der Waals surface area contributed by atoms with Crippen LogP contribution in [0, 0.1) is 0 Å². The van der Waals surface area contributed by atoms with Crippen LogP contribution in [0.4, 0.5) is 0 Å². The van der Waals surface area contributed by atoms with E-state index in [9.17, 15) is 4.79 Å². The number of nitrogens with zero attached hydrogens (tertiary/aromatic N) is 1. The average Bonchev–Trinajstić information content (AvgIpc) is 3.47. The molecule has 0 unspecified atom stereocenters. The second kappa shape index (κ2) is 9.06. The van der Waals surface area contributed by atoms with Crippen molar-refractivity contribution in [2.45, 2.75) is 31.8 Å². The maximum Gasteiger partial charge on any atom is 0.234 e. The van der Waals surface area contributed by atoms with Gasteiger partial charge < -0.3 is 10.1 Å². The molecule has 2 aromatic carbocycles. The van der Waals surface area contributed by atoms with Gasteiger partial charge in [0.2, 0.25) is 5.91 Å². The molecule has 1 N–H and O–H groups in total. The zero-order valence-corrected chi connectivity index (χ0v) is 15.8. The van der Waals surface area contributed by atoms with Gasteiger partial charge in [0.1, 0.15) is 5.75 Å². The Morgan fingerprint density at radius 1 is 1.19 bits per heavy atom. The van der Waals surface area contributed by atoms with Crippen molar-refractivity contribution in [1.82, 2.24) is 10.2 Å². The van der Waals surface area contributed by atoms with Gasteiger partial charge in [0.15, 0.2) is 0 Å². The minimum atomic E-state index is 0.0763. The van der Waals surface area contributed by atoms with Gasteiger partial charge in [-0.3, -0.25) is 9.69 Å². The van der Waals surface area contributed by atoms with Gasteiger partial charge in [-0.15, -0.1) is 0 Å². The number of ether oxygens (including phenoxy) is 1. The van der Waals surface area contributed by atoms with E-state index in [1.807, 2.05) is 36.4 Å². The Labute approximate surface area is 160 Å². The second-order valence-corrected chi connectivity index (χ2v) is 7.15. The molecular weight excluding hydrogens is 348 g/mol. The summed E-state index contributed by atoms with van der Waals surface area (Å²) in [5.74, 6) is 0.929. The summed E-state index contributed by atoms with van der Waals surface area (Å²) in [4.78, 5) is 14.6. The first-order chi connectivity index (χ1) is 12.6. The van der Waals surface area contributed by atoms with Gasteiger partial charge in [0.25, 0.3) is 0 Å². The van der Waals surface area contributed by atoms with Crippen molar-refractivity contribution in [2.24, 2.45) is 0 Å². The van der Waals surface area contributed by atoms with Crippen LogP contribution in [-0.2, 0) is 17.8 Å². The molecule has 0 heterocycles. The quantitative estimate of drug-likeness (QED) is 0.730. The van der Waals surface area contributed by atoms with Crippen molar-refractivity contribution in [3.8, 4) is 5.75 Å². The summed E-state index contributed by atoms with van der Waals surface area (Å²) < 4.78 is 5.20. The van der Waals surface area contributed by atoms with E-state index in [2.05, 4.69) is 22.3 Å². The van der Waals surface area contributed by atoms with Crippen molar-refractivity contribution < 1.29 is 9.53 Å². The molecule has 138 valence electrons. The Bertz CT molecular complexity index is 729. The summed E-state index contributed by atoms with van der Waals surface area (Å²) >= 11 is 5.99. The lowest BCUT2D eigenvalue weighted by Gasteiger charge is -2.21. The summed E-state index contributed by atoms with van der Waals surface area (Å²) in [6.07, 6.45) is 3.13. The molecule has 1 aliphatic rings. The monoisotopic (exact) mass is 372 g/mol. The normalized spacial score (nSPS) is 13.7. The molecule has 5 heteroatoms. The number of benzene rings is 2. The molecular formula is C21H25ClN2O2. The topological polar surface area (TPSA) is 41.6 Å². The number of hydrogen-bond donors (Lipinski definition) is 1. The Morgan fingerprint density at radius 2 is 1.96 bits per heavy atom. The predicted molar refractivity (Wildman–Crippen MR) is 105 cm³/mol. The van der Waals surface area contributed by atoms with E-state index in [0.717, 1.165) is 29.3 Å². The molecule has 1 aliphatic carbocycles. The lowest BCUT2D eigenvalue weighted by Crippen LogP contribution is -2.38. The largest absolute Gasteiger partial charge is 0.497 e. The summed E-state index contributed by atoms with van der Waals surface area (Å²) in [5.41, 5.74) is 2.33. The van der Waals surface area contributed by atoms with Crippen LogP contribution >= 0.6 is 11.6 Å². The number of nitrogens with one attached hydrogen (secondary N) is 1. The number of amides is 1. The summed E-state index contributed by atoms with van der Waals surface area (Å²) in [7, 11) is 1.67. The molecule has 3 rings (SSSR count). The van der Waals surface area contributed by atoms with E-state index in [-0.39, 0.29) is 5.91 Å². The van der Waals surface area contributed by atoms with Crippen LogP contribution in [0.25, 0.3) is 0 Å². The van der Waals surface area contributed by atoms with Gasteiger partial charge in [-0.2, -0.15) is 0 Å². The number of carbonyl (C=O) groups is 1. The van der Waals surface area contributed by atoms with Crippen LogP contribution in [-0.4, -0.2) is 37.0 Å². The molecule has 0 aromatic heterocycles. The first kappa shape index (κ1) is 18.7. The standard InChI is InChI=1S/C21H25ClN2O2/c1-26-20-9-5-17(6-10-20)14-24(19-7-8-19)15-21(25)23-12-11-16-3-2-4-18(22)13-16/h2-6,9-10,13,19H,7-8,11-12,14-15H2,1H3,(H,23,25). The van der Waals surface area contributed by atoms with Gasteiger partial charge in [-0.25, -0.2) is 0 Å². The van der Waals surface area contributed by atoms with E-state index < -0.39 is 0 Å².